The van der Waals surface area contributed by atoms with Gasteiger partial charge in [0.2, 0.25) is 0 Å². The largest absolute Gasteiger partial charge is 0.511 e. The molecule has 0 bridgehead atoms. The molecule has 100 valence electrons. The minimum Gasteiger partial charge on any atom is -0.511 e. The number of allylic oxidation sites excluding steroid dienone is 2. The molecule has 1 aliphatic rings. The average molecular weight is 279 g/mol. The summed E-state index contributed by atoms with van der Waals surface area (Å²) in [6.45, 7) is 3.90. The second-order valence-electron chi connectivity index (χ2n) is 5.37. The predicted octanol–water partition coefficient (Wildman–Crippen LogP) is 3.64. The Labute approximate surface area is 116 Å². The number of hydrogen-bond acceptors (Lipinski definition) is 4. The smallest absolute Gasteiger partial charge is 0.168 e. The second-order valence-corrected chi connectivity index (χ2v) is 5.73. The van der Waals surface area contributed by atoms with E-state index in [1.807, 2.05) is 13.8 Å². The van der Waals surface area contributed by atoms with Crippen molar-refractivity contribution in [3.63, 3.8) is 0 Å². The Hall–Kier alpha value is -1.68. The van der Waals surface area contributed by atoms with Crippen LogP contribution in [0.1, 0.15) is 26.7 Å². The van der Waals surface area contributed by atoms with Gasteiger partial charge < -0.3 is 5.11 Å². The third kappa shape index (κ3) is 3.20. The molecule has 0 atom stereocenters. The van der Waals surface area contributed by atoms with Crippen LogP contribution in [0.4, 0.5) is 5.69 Å². The minimum absolute atomic E-state index is 0.0880. The Morgan fingerprint density at radius 1 is 1.47 bits per heavy atom. The van der Waals surface area contributed by atoms with Gasteiger partial charge in [-0.2, -0.15) is 0 Å². The lowest BCUT2D eigenvalue weighted by Gasteiger charge is -2.28. The zero-order valence-corrected chi connectivity index (χ0v) is 11.6. The molecule has 1 aromatic heterocycles. The Kier molecular flexibility index (Phi) is 3.71. The number of pyridine rings is 1. The first-order valence-electron chi connectivity index (χ1n) is 5.99. The highest BCUT2D eigenvalue weighted by molar-refractivity contribution is 6.31. The van der Waals surface area contributed by atoms with E-state index in [1.165, 1.54) is 6.21 Å². The van der Waals surface area contributed by atoms with Crippen molar-refractivity contribution in [2.45, 2.75) is 26.7 Å². The molecule has 1 aromatic rings. The number of halogens is 1. The van der Waals surface area contributed by atoms with Crippen LogP contribution < -0.4 is 0 Å². The van der Waals surface area contributed by atoms with E-state index in [0.29, 0.717) is 18.5 Å². The van der Waals surface area contributed by atoms with Gasteiger partial charge in [0.15, 0.2) is 10.9 Å². The molecule has 0 amide bonds. The molecule has 0 radical (unpaired) electrons. The van der Waals surface area contributed by atoms with Gasteiger partial charge in [0.25, 0.3) is 0 Å². The fourth-order valence-electron chi connectivity index (χ4n) is 2.06. The van der Waals surface area contributed by atoms with E-state index in [1.54, 1.807) is 18.3 Å². The summed E-state index contributed by atoms with van der Waals surface area (Å²) in [6, 6.07) is 3.40. The van der Waals surface area contributed by atoms with Crippen LogP contribution in [0, 0.1) is 5.41 Å². The molecule has 0 saturated carbocycles. The van der Waals surface area contributed by atoms with Crippen molar-refractivity contribution in [2.75, 3.05) is 0 Å². The van der Waals surface area contributed by atoms with Crippen molar-refractivity contribution in [1.82, 2.24) is 4.98 Å². The van der Waals surface area contributed by atoms with Crippen molar-refractivity contribution in [1.29, 1.82) is 0 Å². The third-order valence-corrected chi connectivity index (χ3v) is 3.26. The minimum atomic E-state index is -0.204. The molecule has 19 heavy (non-hydrogen) atoms. The Morgan fingerprint density at radius 2 is 2.21 bits per heavy atom. The number of Topliss-reactive ketones (excluding diaryl/α,β-unsaturated/α-hetero) is 1. The Balaban J connectivity index is 2.28. The molecule has 1 heterocycles. The maximum Gasteiger partial charge on any atom is 0.168 e. The molecule has 0 fully saturated rings. The summed E-state index contributed by atoms with van der Waals surface area (Å²) in [6.07, 6.45) is 3.81. The van der Waals surface area contributed by atoms with Crippen LogP contribution >= 0.6 is 11.6 Å². The number of aliphatic imine (C=N–C) groups is 1. The van der Waals surface area contributed by atoms with Gasteiger partial charge in [0.05, 0.1) is 5.57 Å². The first kappa shape index (κ1) is 13.7. The standard InChI is InChI=1S/C14H15ClN2O2/c1-14(2)6-11(18)9(12(19)7-14)8-17-10-4-3-5-16-13(10)15/h3-5,8,18H,6-7H2,1-2H3. The lowest BCUT2D eigenvalue weighted by Crippen LogP contribution is -2.26. The van der Waals surface area contributed by atoms with Crippen LogP contribution in [0.25, 0.3) is 0 Å². The second kappa shape index (κ2) is 5.13. The normalized spacial score (nSPS) is 19.2. The predicted molar refractivity (Wildman–Crippen MR) is 75.1 cm³/mol. The van der Waals surface area contributed by atoms with Gasteiger partial charge >= 0.3 is 0 Å². The van der Waals surface area contributed by atoms with E-state index in [9.17, 15) is 9.90 Å². The monoisotopic (exact) mass is 278 g/mol. The van der Waals surface area contributed by atoms with Crippen molar-refractivity contribution in [3.05, 3.63) is 34.8 Å². The van der Waals surface area contributed by atoms with Crippen LogP contribution in [0.2, 0.25) is 5.15 Å². The highest BCUT2D eigenvalue weighted by Gasteiger charge is 2.32. The molecule has 0 aliphatic heterocycles. The van der Waals surface area contributed by atoms with Gasteiger partial charge in [-0.25, -0.2) is 4.98 Å². The van der Waals surface area contributed by atoms with Gasteiger partial charge in [-0.15, -0.1) is 0 Å². The van der Waals surface area contributed by atoms with Gasteiger partial charge in [-0.3, -0.25) is 9.79 Å². The van der Waals surface area contributed by atoms with E-state index in [-0.39, 0.29) is 27.7 Å². The molecule has 0 unspecified atom stereocenters. The lowest BCUT2D eigenvalue weighted by atomic mass is 9.77. The SMILES string of the molecule is CC1(C)CC(=O)C(C=Nc2cccnc2Cl)=C(O)C1. The maximum absolute atomic E-state index is 12.0. The van der Waals surface area contributed by atoms with E-state index in [0.717, 1.165) is 0 Å². The molecular weight excluding hydrogens is 264 g/mol. The zero-order valence-electron chi connectivity index (χ0n) is 10.9. The Morgan fingerprint density at radius 3 is 2.84 bits per heavy atom. The van der Waals surface area contributed by atoms with Crippen LogP contribution in [-0.2, 0) is 4.79 Å². The fourth-order valence-corrected chi connectivity index (χ4v) is 2.22. The summed E-state index contributed by atoms with van der Waals surface area (Å²) >= 11 is 5.87. The number of carbonyl (C=O) groups excluding carboxylic acids is 1. The van der Waals surface area contributed by atoms with Gasteiger partial charge in [0.1, 0.15) is 11.4 Å². The summed E-state index contributed by atoms with van der Waals surface area (Å²) in [5.74, 6) is -0.0116. The van der Waals surface area contributed by atoms with Crippen LogP contribution in [0.5, 0.6) is 0 Å². The van der Waals surface area contributed by atoms with Crippen LogP contribution in [0.3, 0.4) is 0 Å². The van der Waals surface area contributed by atoms with E-state index >= 15 is 0 Å². The zero-order chi connectivity index (χ0) is 14.0. The number of nitrogens with zero attached hydrogens (tertiary/aromatic N) is 2. The van der Waals surface area contributed by atoms with E-state index < -0.39 is 0 Å². The summed E-state index contributed by atoms with van der Waals surface area (Å²) in [4.78, 5) is 20.0. The first-order valence-corrected chi connectivity index (χ1v) is 6.37. The average Bonchev–Trinajstić information content (AvgIpc) is 2.28. The fraction of sp³-hybridized carbons (Fsp3) is 0.357. The highest BCUT2D eigenvalue weighted by atomic mass is 35.5. The maximum atomic E-state index is 12.0. The quantitative estimate of drug-likeness (QED) is 0.663. The van der Waals surface area contributed by atoms with Crippen molar-refractivity contribution >= 4 is 29.3 Å². The number of aliphatic hydroxyl groups is 1. The lowest BCUT2D eigenvalue weighted by molar-refractivity contribution is -0.117. The van der Waals surface area contributed by atoms with Gasteiger partial charge in [0, 0.05) is 25.3 Å². The molecule has 0 aromatic carbocycles. The summed E-state index contributed by atoms with van der Waals surface area (Å²) in [7, 11) is 0. The highest BCUT2D eigenvalue weighted by Crippen LogP contribution is 2.35. The number of aromatic nitrogens is 1. The molecule has 5 heteroatoms. The summed E-state index contributed by atoms with van der Waals surface area (Å²) in [5, 5.41) is 10.2. The number of carbonyl (C=O) groups is 1. The number of hydrogen-bond donors (Lipinski definition) is 1. The molecule has 4 nitrogen and oxygen atoms in total. The molecule has 1 aliphatic carbocycles. The number of rotatable bonds is 2. The molecule has 1 N–H and O–H groups in total. The van der Waals surface area contributed by atoms with Crippen LogP contribution in [0.15, 0.2) is 34.7 Å². The Bertz CT molecular complexity index is 577. The molecule has 0 spiro atoms. The molecule has 0 saturated heterocycles. The van der Waals surface area contributed by atoms with E-state index in [2.05, 4.69) is 9.98 Å². The molecular formula is C14H15ClN2O2. The van der Waals surface area contributed by atoms with Gasteiger partial charge in [-0.05, 0) is 17.5 Å². The summed E-state index contributed by atoms with van der Waals surface area (Å²) < 4.78 is 0. The topological polar surface area (TPSA) is 62.5 Å². The molecule has 2 rings (SSSR count). The first-order chi connectivity index (χ1) is 8.89. The number of ketones is 1. The number of aliphatic hydroxyl groups excluding tert-OH is 1. The van der Waals surface area contributed by atoms with Crippen molar-refractivity contribution in [3.8, 4) is 0 Å². The third-order valence-electron chi connectivity index (χ3n) is 2.97. The summed E-state index contributed by atoms with van der Waals surface area (Å²) in [5.41, 5.74) is 0.533. The van der Waals surface area contributed by atoms with E-state index in [4.69, 9.17) is 11.6 Å². The van der Waals surface area contributed by atoms with Gasteiger partial charge in [-0.1, -0.05) is 25.4 Å². The van der Waals surface area contributed by atoms with Crippen molar-refractivity contribution < 1.29 is 9.90 Å². The van der Waals surface area contributed by atoms with Crippen molar-refractivity contribution in [2.24, 2.45) is 10.4 Å². The van der Waals surface area contributed by atoms with Crippen LogP contribution in [-0.4, -0.2) is 22.1 Å².